The van der Waals surface area contributed by atoms with Crippen LogP contribution in [0.1, 0.15) is 0 Å². The van der Waals surface area contributed by atoms with Crippen LogP contribution in [0.3, 0.4) is 0 Å². The van der Waals surface area contributed by atoms with Gasteiger partial charge in [0.25, 0.3) is 0 Å². The molecule has 1 aliphatic carbocycles. The van der Waals surface area contributed by atoms with Gasteiger partial charge in [0.2, 0.25) is 0 Å². The van der Waals surface area contributed by atoms with Crippen LogP contribution >= 0.6 is 11.3 Å². The summed E-state index contributed by atoms with van der Waals surface area (Å²) in [5.74, 6) is 2.01. The summed E-state index contributed by atoms with van der Waals surface area (Å²) in [5.41, 5.74) is 8.17. The van der Waals surface area contributed by atoms with E-state index in [1.165, 1.54) is 74.7 Å². The quantitative estimate of drug-likeness (QED) is 0.181. The van der Waals surface area contributed by atoms with E-state index in [4.69, 9.17) is 15.0 Å². The van der Waals surface area contributed by atoms with Crippen LogP contribution in [0.4, 0.5) is 0 Å². The average Bonchev–Trinajstić information content (AvgIpc) is 3.70. The maximum atomic E-state index is 5.24. The summed E-state index contributed by atoms with van der Waals surface area (Å²) in [4.78, 5) is 15.5. The summed E-state index contributed by atoms with van der Waals surface area (Å²) in [6, 6.07) is 54.3. The number of thiophene rings is 1. The monoisotopic (exact) mass is 639 g/mol. The smallest absolute Gasteiger partial charge is 0.164 e. The lowest BCUT2D eigenvalue weighted by Crippen LogP contribution is -2.00. The van der Waals surface area contributed by atoms with Crippen molar-refractivity contribution in [2.45, 2.75) is 0 Å². The van der Waals surface area contributed by atoms with Gasteiger partial charge in [0, 0.05) is 36.9 Å². The van der Waals surface area contributed by atoms with Crippen LogP contribution in [-0.4, -0.2) is 15.0 Å². The highest BCUT2D eigenvalue weighted by atomic mass is 32.1. The highest BCUT2D eigenvalue weighted by Crippen LogP contribution is 2.51. The van der Waals surface area contributed by atoms with Crippen LogP contribution in [0.15, 0.2) is 152 Å². The molecule has 0 fully saturated rings. The van der Waals surface area contributed by atoms with Crippen molar-refractivity contribution in [3.05, 3.63) is 152 Å². The lowest BCUT2D eigenvalue weighted by atomic mass is 9.99. The normalized spacial score (nSPS) is 12.1. The van der Waals surface area contributed by atoms with E-state index in [0.29, 0.717) is 17.5 Å². The molecular weight excluding hydrogens is 615 g/mol. The molecule has 0 bridgehead atoms. The first kappa shape index (κ1) is 26.8. The van der Waals surface area contributed by atoms with Crippen LogP contribution < -0.4 is 0 Å². The lowest BCUT2D eigenvalue weighted by molar-refractivity contribution is 1.08. The molecule has 0 aliphatic heterocycles. The third-order valence-corrected chi connectivity index (χ3v) is 11.2. The Morgan fingerprint density at radius 2 is 0.959 bits per heavy atom. The zero-order valence-corrected chi connectivity index (χ0v) is 27.0. The van der Waals surface area contributed by atoms with E-state index < -0.39 is 0 Å². The van der Waals surface area contributed by atoms with Crippen molar-refractivity contribution >= 4 is 63.8 Å². The number of hydrogen-bond donors (Lipinski definition) is 0. The Balaban J connectivity index is 1.16. The van der Waals surface area contributed by atoms with E-state index in [1.54, 1.807) is 0 Å². The first-order chi connectivity index (χ1) is 24.3. The minimum Gasteiger partial charge on any atom is -0.208 e. The number of benzene rings is 8. The molecule has 0 atom stereocenters. The van der Waals surface area contributed by atoms with Gasteiger partial charge < -0.3 is 0 Å². The topological polar surface area (TPSA) is 38.7 Å². The predicted octanol–water partition coefficient (Wildman–Crippen LogP) is 12.3. The molecule has 10 aromatic rings. The molecule has 0 unspecified atom stereocenters. The molecule has 0 amide bonds. The summed E-state index contributed by atoms with van der Waals surface area (Å²) in [7, 11) is 0. The van der Waals surface area contributed by atoms with E-state index in [9.17, 15) is 0 Å². The van der Waals surface area contributed by atoms with E-state index >= 15 is 0 Å². The van der Waals surface area contributed by atoms with Crippen molar-refractivity contribution in [2.75, 3.05) is 0 Å². The van der Waals surface area contributed by atoms with Crippen LogP contribution in [0.25, 0.3) is 109 Å². The molecule has 0 radical (unpaired) electrons. The SMILES string of the molecule is c1ccc(-c2nc(-c3ccc4ccc5ccccc5c4c3)nc(-c3cccc4sc5cc6c(cc5c34)-c3cccc4cccc-6c34)n2)cc1. The number of rotatable bonds is 3. The lowest BCUT2D eigenvalue weighted by Gasteiger charge is -2.11. The molecule has 0 N–H and O–H groups in total. The van der Waals surface area contributed by atoms with E-state index in [2.05, 4.69) is 133 Å². The highest BCUT2D eigenvalue weighted by Gasteiger charge is 2.24. The maximum absolute atomic E-state index is 5.24. The molecule has 0 spiro atoms. The fraction of sp³-hybridized carbons (Fsp3) is 0. The van der Waals surface area contributed by atoms with Crippen LogP contribution in [0, 0.1) is 0 Å². The predicted molar refractivity (Wildman–Crippen MR) is 206 cm³/mol. The summed E-state index contributed by atoms with van der Waals surface area (Å²) < 4.78 is 2.49. The zero-order valence-electron chi connectivity index (χ0n) is 26.2. The molecule has 4 heteroatoms. The zero-order chi connectivity index (χ0) is 32.1. The molecule has 8 aromatic carbocycles. The molecule has 49 heavy (non-hydrogen) atoms. The van der Waals surface area contributed by atoms with Gasteiger partial charge >= 0.3 is 0 Å². The van der Waals surface area contributed by atoms with Gasteiger partial charge in [-0.1, -0.05) is 127 Å². The molecule has 0 saturated carbocycles. The van der Waals surface area contributed by atoms with Gasteiger partial charge in [0.05, 0.1) is 0 Å². The van der Waals surface area contributed by atoms with Crippen molar-refractivity contribution in [1.29, 1.82) is 0 Å². The first-order valence-corrected chi connectivity index (χ1v) is 17.3. The average molecular weight is 640 g/mol. The largest absolute Gasteiger partial charge is 0.208 e. The fourth-order valence-corrected chi connectivity index (χ4v) is 8.93. The van der Waals surface area contributed by atoms with Crippen molar-refractivity contribution in [1.82, 2.24) is 15.0 Å². The summed E-state index contributed by atoms with van der Waals surface area (Å²) in [6.07, 6.45) is 0. The van der Waals surface area contributed by atoms with Crippen LogP contribution in [-0.2, 0) is 0 Å². The maximum Gasteiger partial charge on any atom is 0.164 e. The van der Waals surface area contributed by atoms with Gasteiger partial charge in [-0.2, -0.15) is 0 Å². The number of fused-ring (bicyclic) bond motifs is 9. The van der Waals surface area contributed by atoms with Crippen molar-refractivity contribution in [3.63, 3.8) is 0 Å². The molecule has 2 aromatic heterocycles. The molecule has 3 nitrogen and oxygen atoms in total. The first-order valence-electron chi connectivity index (χ1n) is 16.5. The number of nitrogens with zero attached hydrogens (tertiary/aromatic N) is 3. The fourth-order valence-electron chi connectivity index (χ4n) is 7.78. The van der Waals surface area contributed by atoms with Crippen molar-refractivity contribution in [3.8, 4) is 56.4 Å². The molecule has 11 rings (SSSR count). The second kappa shape index (κ2) is 10.1. The highest BCUT2D eigenvalue weighted by molar-refractivity contribution is 7.26. The molecule has 226 valence electrons. The van der Waals surface area contributed by atoms with Gasteiger partial charge in [-0.15, -0.1) is 11.3 Å². The van der Waals surface area contributed by atoms with Crippen molar-refractivity contribution < 1.29 is 0 Å². The summed E-state index contributed by atoms with van der Waals surface area (Å²) in [5, 5.41) is 9.88. The minimum absolute atomic E-state index is 0.665. The van der Waals surface area contributed by atoms with Crippen LogP contribution in [0.5, 0.6) is 0 Å². The van der Waals surface area contributed by atoms with Gasteiger partial charge in [-0.05, 0) is 78.8 Å². The van der Waals surface area contributed by atoms with Gasteiger partial charge in [0.15, 0.2) is 17.5 Å². The Bertz CT molecular complexity index is 2990. The molecule has 2 heterocycles. The molecule has 0 saturated heterocycles. The van der Waals surface area contributed by atoms with Gasteiger partial charge in [-0.3, -0.25) is 0 Å². The third kappa shape index (κ3) is 3.98. The van der Waals surface area contributed by atoms with E-state index in [0.717, 1.165) is 16.7 Å². The number of aromatic nitrogens is 3. The van der Waals surface area contributed by atoms with E-state index in [1.807, 2.05) is 29.5 Å². The third-order valence-electron chi connectivity index (χ3n) is 10.0. The summed E-state index contributed by atoms with van der Waals surface area (Å²) in [6.45, 7) is 0. The van der Waals surface area contributed by atoms with Gasteiger partial charge in [-0.25, -0.2) is 15.0 Å². The minimum atomic E-state index is 0.665. The summed E-state index contributed by atoms with van der Waals surface area (Å²) >= 11 is 1.84. The second-order valence-corrected chi connectivity index (χ2v) is 13.9. The number of hydrogen-bond acceptors (Lipinski definition) is 4. The Morgan fingerprint density at radius 3 is 1.80 bits per heavy atom. The standard InChI is InChI=1S/C45H25N3S/c1-2-10-29(11-3-1)43-46-44(30-22-21-27-20-19-26-9-4-5-14-31(26)35(27)23-30)48-45(47-43)34-17-8-18-39-42(34)38-24-36-32-15-6-12-28-13-7-16-33(41(28)32)37(36)25-40(38)49-39/h1-25H. The Kier molecular flexibility index (Phi) is 5.54. The second-order valence-electron chi connectivity index (χ2n) is 12.8. The van der Waals surface area contributed by atoms with Crippen LogP contribution in [0.2, 0.25) is 0 Å². The molecule has 1 aliphatic rings. The Hall–Kier alpha value is -6.23. The Labute approximate surface area is 285 Å². The van der Waals surface area contributed by atoms with Gasteiger partial charge in [0.1, 0.15) is 0 Å². The van der Waals surface area contributed by atoms with Crippen molar-refractivity contribution in [2.24, 2.45) is 0 Å². The Morgan fingerprint density at radius 1 is 0.327 bits per heavy atom. The molecular formula is C45H25N3S. The van der Waals surface area contributed by atoms with E-state index in [-0.39, 0.29) is 0 Å².